The highest BCUT2D eigenvalue weighted by Gasteiger charge is 2.12. The van der Waals surface area contributed by atoms with Gasteiger partial charge in [-0.2, -0.15) is 0 Å². The monoisotopic (exact) mass is 238 g/mol. The average molecular weight is 238 g/mol. The van der Waals surface area contributed by atoms with Gasteiger partial charge in [-0.25, -0.2) is 13.5 Å². The number of rotatable bonds is 4. The Morgan fingerprint density at radius 3 is 2.59 bits per heavy atom. The summed E-state index contributed by atoms with van der Waals surface area (Å²) in [5.74, 6) is -1.33. The molecule has 0 radical (unpaired) electrons. The van der Waals surface area contributed by atoms with E-state index in [1.807, 2.05) is 0 Å². The highest BCUT2D eigenvalue weighted by Crippen LogP contribution is 2.16. The Morgan fingerprint density at radius 2 is 1.94 bits per heavy atom. The maximum atomic E-state index is 13.4. The number of aromatic nitrogens is 3. The van der Waals surface area contributed by atoms with E-state index in [2.05, 4.69) is 10.3 Å². The molecule has 0 aliphatic rings. The maximum Gasteiger partial charge on any atom is 0.151 e. The van der Waals surface area contributed by atoms with Crippen molar-refractivity contribution < 1.29 is 8.78 Å². The molecule has 0 spiro atoms. The minimum absolute atomic E-state index is 0.209. The van der Waals surface area contributed by atoms with Gasteiger partial charge < -0.3 is 5.73 Å². The highest BCUT2D eigenvalue weighted by atomic mass is 19.1. The van der Waals surface area contributed by atoms with Crippen molar-refractivity contribution in [3.8, 4) is 5.69 Å². The Balaban J connectivity index is 2.30. The smallest absolute Gasteiger partial charge is 0.151 e. The quantitative estimate of drug-likeness (QED) is 0.876. The van der Waals surface area contributed by atoms with Crippen LogP contribution in [0.1, 0.15) is 12.1 Å². The molecule has 0 aliphatic carbocycles. The number of benzene rings is 1. The molecule has 2 N–H and O–H groups in total. The predicted octanol–water partition coefficient (Wildman–Crippen LogP) is 1.44. The summed E-state index contributed by atoms with van der Waals surface area (Å²) in [6.45, 7) is 0.543. The summed E-state index contributed by atoms with van der Waals surface area (Å²) in [5, 5.41) is 7.54. The van der Waals surface area contributed by atoms with E-state index in [4.69, 9.17) is 5.73 Å². The standard InChI is InChI=1S/C11H12F2N4/c12-9-4-1-5-10(13)11(9)17-7-8(15-16-17)3-2-6-14/h1,4-5,7H,2-3,6,14H2. The Morgan fingerprint density at radius 1 is 1.24 bits per heavy atom. The largest absolute Gasteiger partial charge is 0.330 e. The first kappa shape index (κ1) is 11.7. The van der Waals surface area contributed by atoms with Crippen LogP contribution < -0.4 is 5.73 Å². The summed E-state index contributed by atoms with van der Waals surface area (Å²) >= 11 is 0. The maximum absolute atomic E-state index is 13.4. The first-order valence-electron chi connectivity index (χ1n) is 5.28. The van der Waals surface area contributed by atoms with E-state index >= 15 is 0 Å². The number of halogens is 2. The van der Waals surface area contributed by atoms with Gasteiger partial charge in [0.1, 0.15) is 5.69 Å². The van der Waals surface area contributed by atoms with Crippen LogP contribution in [0.2, 0.25) is 0 Å². The third-order valence-electron chi connectivity index (χ3n) is 2.34. The van der Waals surface area contributed by atoms with Gasteiger partial charge in [0.05, 0.1) is 11.9 Å². The van der Waals surface area contributed by atoms with E-state index in [1.54, 1.807) is 0 Å². The van der Waals surface area contributed by atoms with E-state index < -0.39 is 11.6 Å². The second-order valence-electron chi connectivity index (χ2n) is 3.62. The zero-order valence-corrected chi connectivity index (χ0v) is 9.11. The summed E-state index contributed by atoms with van der Waals surface area (Å²) in [6, 6.07) is 3.67. The molecule has 2 rings (SSSR count). The number of hydrogen-bond donors (Lipinski definition) is 1. The number of nitrogens with zero attached hydrogens (tertiary/aromatic N) is 3. The zero-order chi connectivity index (χ0) is 12.3. The average Bonchev–Trinajstić information content (AvgIpc) is 2.75. The molecule has 0 unspecified atom stereocenters. The fraction of sp³-hybridized carbons (Fsp3) is 0.273. The van der Waals surface area contributed by atoms with E-state index in [0.29, 0.717) is 18.7 Å². The lowest BCUT2D eigenvalue weighted by Gasteiger charge is -2.02. The van der Waals surface area contributed by atoms with E-state index in [1.165, 1.54) is 24.4 Å². The van der Waals surface area contributed by atoms with Gasteiger partial charge in [0.15, 0.2) is 11.6 Å². The summed E-state index contributed by atoms with van der Waals surface area (Å²) in [5.41, 5.74) is 5.82. The van der Waals surface area contributed by atoms with Gasteiger partial charge in [-0.1, -0.05) is 11.3 Å². The van der Waals surface area contributed by atoms with Crippen LogP contribution in [0.25, 0.3) is 5.69 Å². The summed E-state index contributed by atoms with van der Waals surface area (Å²) in [4.78, 5) is 0. The molecule has 1 heterocycles. The Labute approximate surface area is 97.0 Å². The van der Waals surface area contributed by atoms with Crippen LogP contribution in [-0.4, -0.2) is 21.5 Å². The second-order valence-corrected chi connectivity index (χ2v) is 3.62. The zero-order valence-electron chi connectivity index (χ0n) is 9.11. The lowest BCUT2D eigenvalue weighted by atomic mass is 10.2. The molecular weight excluding hydrogens is 226 g/mol. The van der Waals surface area contributed by atoms with Crippen molar-refractivity contribution in [2.75, 3.05) is 6.54 Å². The molecule has 0 atom stereocenters. The number of hydrogen-bond acceptors (Lipinski definition) is 3. The molecule has 0 aliphatic heterocycles. The molecule has 6 heteroatoms. The highest BCUT2D eigenvalue weighted by molar-refractivity contribution is 5.34. The molecular formula is C11H12F2N4. The van der Waals surface area contributed by atoms with Crippen LogP contribution in [0.3, 0.4) is 0 Å². The third-order valence-corrected chi connectivity index (χ3v) is 2.34. The molecule has 1 aromatic heterocycles. The van der Waals surface area contributed by atoms with Gasteiger partial charge in [0.25, 0.3) is 0 Å². The number of para-hydroxylation sites is 1. The van der Waals surface area contributed by atoms with Crippen LogP contribution in [0.15, 0.2) is 24.4 Å². The summed E-state index contributed by atoms with van der Waals surface area (Å²) in [6.07, 6.45) is 2.92. The lowest BCUT2D eigenvalue weighted by Crippen LogP contribution is -2.02. The minimum atomic E-state index is -0.666. The van der Waals surface area contributed by atoms with Crippen LogP contribution >= 0.6 is 0 Å². The fourth-order valence-electron chi connectivity index (χ4n) is 1.51. The van der Waals surface area contributed by atoms with Gasteiger partial charge in [-0.3, -0.25) is 0 Å². The molecule has 0 fully saturated rings. The van der Waals surface area contributed by atoms with Crippen LogP contribution in [0.5, 0.6) is 0 Å². The van der Waals surface area contributed by atoms with E-state index in [0.717, 1.165) is 11.1 Å². The molecule has 1 aromatic carbocycles. The Bertz CT molecular complexity index is 490. The summed E-state index contributed by atoms with van der Waals surface area (Å²) in [7, 11) is 0. The van der Waals surface area contributed by atoms with Gasteiger partial charge >= 0.3 is 0 Å². The van der Waals surface area contributed by atoms with Crippen LogP contribution in [0, 0.1) is 11.6 Å². The first-order valence-corrected chi connectivity index (χ1v) is 5.28. The molecule has 0 saturated carbocycles. The Hall–Kier alpha value is -1.82. The molecule has 0 saturated heterocycles. The topological polar surface area (TPSA) is 56.7 Å². The van der Waals surface area contributed by atoms with Gasteiger partial charge in [-0.05, 0) is 31.5 Å². The van der Waals surface area contributed by atoms with Gasteiger partial charge in [0.2, 0.25) is 0 Å². The van der Waals surface area contributed by atoms with Crippen LogP contribution in [-0.2, 0) is 6.42 Å². The van der Waals surface area contributed by atoms with Crippen molar-refractivity contribution in [1.82, 2.24) is 15.0 Å². The first-order chi connectivity index (χ1) is 8.22. The van der Waals surface area contributed by atoms with Crippen molar-refractivity contribution in [1.29, 1.82) is 0 Å². The van der Waals surface area contributed by atoms with Crippen molar-refractivity contribution in [2.45, 2.75) is 12.8 Å². The molecule has 90 valence electrons. The van der Waals surface area contributed by atoms with Crippen molar-refractivity contribution in [3.05, 3.63) is 41.7 Å². The number of nitrogens with two attached hydrogens (primary N) is 1. The van der Waals surface area contributed by atoms with Crippen molar-refractivity contribution >= 4 is 0 Å². The normalized spacial score (nSPS) is 10.8. The molecule has 17 heavy (non-hydrogen) atoms. The number of aryl methyl sites for hydroxylation is 1. The molecule has 0 amide bonds. The fourth-order valence-corrected chi connectivity index (χ4v) is 1.51. The lowest BCUT2D eigenvalue weighted by molar-refractivity contribution is 0.556. The third kappa shape index (κ3) is 2.47. The molecule has 2 aromatic rings. The van der Waals surface area contributed by atoms with Gasteiger partial charge in [-0.15, -0.1) is 5.10 Å². The Kier molecular flexibility index (Phi) is 3.43. The van der Waals surface area contributed by atoms with Gasteiger partial charge in [0, 0.05) is 0 Å². The van der Waals surface area contributed by atoms with E-state index in [-0.39, 0.29) is 5.69 Å². The van der Waals surface area contributed by atoms with E-state index in [9.17, 15) is 8.78 Å². The SMILES string of the molecule is NCCCc1cn(-c2c(F)cccc2F)nn1. The molecule has 0 bridgehead atoms. The van der Waals surface area contributed by atoms with Crippen molar-refractivity contribution in [3.63, 3.8) is 0 Å². The summed E-state index contributed by atoms with van der Waals surface area (Å²) < 4.78 is 28.0. The van der Waals surface area contributed by atoms with Crippen LogP contribution in [0.4, 0.5) is 8.78 Å². The minimum Gasteiger partial charge on any atom is -0.330 e. The van der Waals surface area contributed by atoms with Crippen molar-refractivity contribution in [2.24, 2.45) is 5.73 Å². The second kappa shape index (κ2) is 5.01. The predicted molar refractivity (Wildman–Crippen MR) is 58.7 cm³/mol. The molecule has 4 nitrogen and oxygen atoms in total.